The minimum atomic E-state index is 0.0175. The van der Waals surface area contributed by atoms with E-state index < -0.39 is 0 Å². The number of aromatic nitrogens is 1. The highest BCUT2D eigenvalue weighted by Gasteiger charge is 2.09. The fraction of sp³-hybridized carbons (Fsp3) is 0.545. The molecule has 1 aromatic rings. The highest BCUT2D eigenvalue weighted by molar-refractivity contribution is 5.20. The summed E-state index contributed by atoms with van der Waals surface area (Å²) in [4.78, 5) is 4.13. The van der Waals surface area contributed by atoms with Crippen LogP contribution in [0, 0.1) is 6.92 Å². The number of nitrogens with two attached hydrogens (primary N) is 1. The first-order chi connectivity index (χ1) is 7.27. The average molecular weight is 209 g/mol. The van der Waals surface area contributed by atoms with E-state index in [1.165, 1.54) is 0 Å². The van der Waals surface area contributed by atoms with Gasteiger partial charge in [0.15, 0.2) is 0 Å². The van der Waals surface area contributed by atoms with E-state index in [-0.39, 0.29) is 6.04 Å². The molecule has 3 N–H and O–H groups in total. The van der Waals surface area contributed by atoms with Crippen molar-refractivity contribution in [3.8, 4) is 0 Å². The van der Waals surface area contributed by atoms with Crippen LogP contribution in [0.25, 0.3) is 0 Å². The Balaban J connectivity index is 2.57. The Kier molecular flexibility index (Phi) is 5.25. The quantitative estimate of drug-likeness (QED) is 0.421. The molecule has 0 fully saturated rings. The second-order valence-electron chi connectivity index (χ2n) is 3.59. The lowest BCUT2D eigenvalue weighted by Gasteiger charge is -2.16. The molecule has 1 atom stereocenters. The Hall–Kier alpha value is -0.970. The number of rotatable bonds is 6. The molecule has 0 aromatic carbocycles. The zero-order chi connectivity index (χ0) is 11.1. The Morgan fingerprint density at radius 3 is 2.93 bits per heavy atom. The SMILES string of the molecule is CCCOCC(NN)c1cncc(C)c1. The van der Waals surface area contributed by atoms with Crippen molar-refractivity contribution in [1.82, 2.24) is 10.4 Å². The predicted octanol–water partition coefficient (Wildman–Crippen LogP) is 1.32. The first-order valence-electron chi connectivity index (χ1n) is 5.23. The highest BCUT2D eigenvalue weighted by Crippen LogP contribution is 2.12. The second kappa shape index (κ2) is 6.50. The highest BCUT2D eigenvalue weighted by atomic mass is 16.5. The molecular formula is C11H19N3O. The number of nitrogens with zero attached hydrogens (tertiary/aromatic N) is 1. The predicted molar refractivity (Wildman–Crippen MR) is 60.1 cm³/mol. The lowest BCUT2D eigenvalue weighted by atomic mass is 10.1. The molecule has 4 nitrogen and oxygen atoms in total. The number of hydrogen-bond acceptors (Lipinski definition) is 4. The molecule has 0 aliphatic heterocycles. The van der Waals surface area contributed by atoms with Gasteiger partial charge in [0.05, 0.1) is 12.6 Å². The minimum Gasteiger partial charge on any atom is -0.379 e. The molecule has 4 heteroatoms. The molecule has 1 rings (SSSR count). The third-order valence-corrected chi connectivity index (χ3v) is 2.13. The zero-order valence-corrected chi connectivity index (χ0v) is 9.36. The van der Waals surface area contributed by atoms with Gasteiger partial charge in [0.1, 0.15) is 0 Å². The van der Waals surface area contributed by atoms with E-state index in [2.05, 4.69) is 23.4 Å². The smallest absolute Gasteiger partial charge is 0.0708 e. The molecule has 0 radical (unpaired) electrons. The molecule has 1 heterocycles. The summed E-state index contributed by atoms with van der Waals surface area (Å²) in [5, 5.41) is 0. The molecule has 15 heavy (non-hydrogen) atoms. The van der Waals surface area contributed by atoms with Gasteiger partial charge >= 0.3 is 0 Å². The summed E-state index contributed by atoms with van der Waals surface area (Å²) in [5.74, 6) is 5.48. The third-order valence-electron chi connectivity index (χ3n) is 2.13. The van der Waals surface area contributed by atoms with Gasteiger partial charge in [-0.2, -0.15) is 0 Å². The number of aryl methyl sites for hydroxylation is 1. The van der Waals surface area contributed by atoms with Gasteiger partial charge < -0.3 is 4.74 Å². The van der Waals surface area contributed by atoms with Crippen LogP contribution >= 0.6 is 0 Å². The molecule has 84 valence electrons. The minimum absolute atomic E-state index is 0.0175. The normalized spacial score (nSPS) is 12.7. The van der Waals surface area contributed by atoms with E-state index in [1.807, 2.05) is 19.3 Å². The molecular weight excluding hydrogens is 190 g/mol. The van der Waals surface area contributed by atoms with Gasteiger partial charge in [-0.25, -0.2) is 0 Å². The van der Waals surface area contributed by atoms with Crippen molar-refractivity contribution in [2.45, 2.75) is 26.3 Å². The van der Waals surface area contributed by atoms with Crippen molar-refractivity contribution in [3.63, 3.8) is 0 Å². The Morgan fingerprint density at radius 2 is 2.33 bits per heavy atom. The summed E-state index contributed by atoms with van der Waals surface area (Å²) < 4.78 is 5.46. The van der Waals surface area contributed by atoms with Crippen molar-refractivity contribution in [2.75, 3.05) is 13.2 Å². The van der Waals surface area contributed by atoms with Crippen molar-refractivity contribution >= 4 is 0 Å². The lowest BCUT2D eigenvalue weighted by molar-refractivity contribution is 0.112. The van der Waals surface area contributed by atoms with Crippen molar-refractivity contribution in [2.24, 2.45) is 5.84 Å². The topological polar surface area (TPSA) is 60.2 Å². The second-order valence-corrected chi connectivity index (χ2v) is 3.59. The van der Waals surface area contributed by atoms with Crippen LogP contribution in [0.4, 0.5) is 0 Å². The molecule has 1 aromatic heterocycles. The first-order valence-corrected chi connectivity index (χ1v) is 5.23. The van der Waals surface area contributed by atoms with Crippen LogP contribution in [-0.2, 0) is 4.74 Å². The molecule has 0 saturated heterocycles. The van der Waals surface area contributed by atoms with Gasteiger partial charge in [-0.3, -0.25) is 16.3 Å². The standard InChI is InChI=1S/C11H19N3O/c1-3-4-15-8-11(14-12)10-5-9(2)6-13-7-10/h5-7,11,14H,3-4,8,12H2,1-2H3. The van der Waals surface area contributed by atoms with E-state index in [0.29, 0.717) is 6.61 Å². The summed E-state index contributed by atoms with van der Waals surface area (Å²) >= 11 is 0. The van der Waals surface area contributed by atoms with Crippen molar-refractivity contribution in [1.29, 1.82) is 0 Å². The fourth-order valence-corrected chi connectivity index (χ4v) is 1.35. The van der Waals surface area contributed by atoms with E-state index >= 15 is 0 Å². The summed E-state index contributed by atoms with van der Waals surface area (Å²) in [5.41, 5.74) is 4.93. The summed E-state index contributed by atoms with van der Waals surface area (Å²) in [6.07, 6.45) is 4.65. The largest absolute Gasteiger partial charge is 0.379 e. The third kappa shape index (κ3) is 3.95. The monoisotopic (exact) mass is 209 g/mol. The Morgan fingerprint density at radius 1 is 1.53 bits per heavy atom. The van der Waals surface area contributed by atoms with Gasteiger partial charge in [0, 0.05) is 19.0 Å². The Labute approximate surface area is 90.8 Å². The van der Waals surface area contributed by atoms with Gasteiger partial charge in [0.2, 0.25) is 0 Å². The van der Waals surface area contributed by atoms with E-state index in [4.69, 9.17) is 10.6 Å². The first kappa shape index (κ1) is 12.1. The maximum atomic E-state index is 5.48. The van der Waals surface area contributed by atoms with Crippen LogP contribution in [0.3, 0.4) is 0 Å². The number of hydrazine groups is 1. The molecule has 0 aliphatic carbocycles. The molecule has 1 unspecified atom stereocenters. The van der Waals surface area contributed by atoms with E-state index in [0.717, 1.165) is 24.2 Å². The number of ether oxygens (including phenoxy) is 1. The number of nitrogens with one attached hydrogen (secondary N) is 1. The summed E-state index contributed by atoms with van der Waals surface area (Å²) in [7, 11) is 0. The maximum absolute atomic E-state index is 5.48. The van der Waals surface area contributed by atoms with E-state index in [9.17, 15) is 0 Å². The van der Waals surface area contributed by atoms with Gasteiger partial charge in [-0.05, 0) is 24.5 Å². The van der Waals surface area contributed by atoms with Crippen LogP contribution in [0.2, 0.25) is 0 Å². The Bertz CT molecular complexity index is 291. The number of pyridine rings is 1. The van der Waals surface area contributed by atoms with Crippen LogP contribution in [0.15, 0.2) is 18.5 Å². The average Bonchev–Trinajstić information content (AvgIpc) is 2.24. The van der Waals surface area contributed by atoms with Gasteiger partial charge in [-0.1, -0.05) is 13.0 Å². The lowest BCUT2D eigenvalue weighted by Crippen LogP contribution is -2.31. The number of hydrogen-bond donors (Lipinski definition) is 2. The molecule has 0 spiro atoms. The van der Waals surface area contributed by atoms with Crippen LogP contribution < -0.4 is 11.3 Å². The van der Waals surface area contributed by atoms with Crippen molar-refractivity contribution in [3.05, 3.63) is 29.6 Å². The van der Waals surface area contributed by atoms with E-state index in [1.54, 1.807) is 0 Å². The van der Waals surface area contributed by atoms with Crippen LogP contribution in [0.5, 0.6) is 0 Å². The van der Waals surface area contributed by atoms with Crippen molar-refractivity contribution < 1.29 is 4.74 Å². The molecule has 0 amide bonds. The molecule has 0 aliphatic rings. The summed E-state index contributed by atoms with van der Waals surface area (Å²) in [6.45, 7) is 5.43. The van der Waals surface area contributed by atoms with Gasteiger partial charge in [-0.15, -0.1) is 0 Å². The molecule has 0 bridgehead atoms. The molecule has 0 saturated carbocycles. The maximum Gasteiger partial charge on any atom is 0.0708 e. The van der Waals surface area contributed by atoms with Crippen LogP contribution in [-0.4, -0.2) is 18.2 Å². The van der Waals surface area contributed by atoms with Crippen LogP contribution in [0.1, 0.15) is 30.5 Å². The zero-order valence-electron chi connectivity index (χ0n) is 9.36. The summed E-state index contributed by atoms with van der Waals surface area (Å²) in [6, 6.07) is 2.08. The van der Waals surface area contributed by atoms with Gasteiger partial charge in [0.25, 0.3) is 0 Å². The fourth-order valence-electron chi connectivity index (χ4n) is 1.35.